The van der Waals surface area contributed by atoms with Gasteiger partial charge < -0.3 is 9.30 Å². The van der Waals surface area contributed by atoms with E-state index in [4.69, 9.17) is 21.3 Å². The number of rotatable bonds is 3. The van der Waals surface area contributed by atoms with E-state index in [1.165, 1.54) is 0 Å². The van der Waals surface area contributed by atoms with Gasteiger partial charge in [0.2, 0.25) is 0 Å². The van der Waals surface area contributed by atoms with Gasteiger partial charge in [-0.15, -0.1) is 5.10 Å². The number of fused-ring (bicyclic) bond motifs is 3. The molecule has 2 atom stereocenters. The van der Waals surface area contributed by atoms with Gasteiger partial charge in [0.15, 0.2) is 0 Å². The zero-order chi connectivity index (χ0) is 19.3. The average molecular weight is 397 g/mol. The van der Waals surface area contributed by atoms with E-state index in [1.54, 1.807) is 4.68 Å². The molecular weight excluding hydrogens is 376 g/mol. The number of hydrogen-bond acceptors (Lipinski definition) is 5. The van der Waals surface area contributed by atoms with Crippen molar-refractivity contribution in [2.45, 2.75) is 38.3 Å². The molecule has 0 radical (unpaired) electrons. The summed E-state index contributed by atoms with van der Waals surface area (Å²) in [6.45, 7) is 2.88. The molecule has 3 aromatic heterocycles. The molecule has 0 spiro atoms. The van der Waals surface area contributed by atoms with Gasteiger partial charge in [0.05, 0.1) is 35.4 Å². The second kappa shape index (κ2) is 6.83. The Bertz CT molecular complexity index is 1170. The van der Waals surface area contributed by atoms with Crippen molar-refractivity contribution in [3.63, 3.8) is 0 Å². The maximum atomic E-state index is 6.32. The Morgan fingerprint density at radius 1 is 1.29 bits per heavy atom. The minimum absolute atomic E-state index is 0.220. The number of hydrogen-bond donors (Lipinski definition) is 0. The van der Waals surface area contributed by atoms with Crippen molar-refractivity contribution in [3.05, 3.63) is 47.1 Å². The molecule has 1 aliphatic heterocycles. The molecule has 1 unspecified atom stereocenters. The molecule has 1 fully saturated rings. The van der Waals surface area contributed by atoms with Crippen LogP contribution in [-0.2, 0) is 18.2 Å². The van der Waals surface area contributed by atoms with Gasteiger partial charge in [0, 0.05) is 36.3 Å². The first-order chi connectivity index (χ1) is 13.6. The van der Waals surface area contributed by atoms with Gasteiger partial charge in [0.25, 0.3) is 0 Å². The third kappa shape index (κ3) is 3.04. The molecule has 1 aromatic carbocycles. The fourth-order valence-corrected chi connectivity index (χ4v) is 4.33. The molecule has 0 aliphatic carbocycles. The Morgan fingerprint density at radius 2 is 2.18 bits per heavy atom. The van der Waals surface area contributed by atoms with Crippen molar-refractivity contribution in [1.82, 2.24) is 29.5 Å². The van der Waals surface area contributed by atoms with Crippen molar-refractivity contribution in [3.8, 4) is 0 Å². The Morgan fingerprint density at radius 3 is 2.96 bits per heavy atom. The van der Waals surface area contributed by atoms with Gasteiger partial charge in [-0.05, 0) is 38.0 Å². The Kier molecular flexibility index (Phi) is 4.29. The standard InChI is InChI=1S/C20H21ClN6O/c1-12-7-15(5-6-28-12)27-19(9-14-11-26(2)25-24-14)23-18-10-22-17-4-3-13(21)8-16(17)20(18)27/h3-4,8,10-12,15H,5-7,9H2,1-2H3/t12-,15?/m1/s1. The first-order valence-corrected chi connectivity index (χ1v) is 9.88. The fraction of sp³-hybridized carbons (Fsp3) is 0.400. The lowest BCUT2D eigenvalue weighted by atomic mass is 10.0. The molecule has 0 N–H and O–H groups in total. The minimum atomic E-state index is 0.220. The van der Waals surface area contributed by atoms with Crippen LogP contribution in [0, 0.1) is 0 Å². The van der Waals surface area contributed by atoms with Crippen LogP contribution in [0.2, 0.25) is 5.02 Å². The van der Waals surface area contributed by atoms with E-state index in [9.17, 15) is 0 Å². The molecule has 28 heavy (non-hydrogen) atoms. The van der Waals surface area contributed by atoms with Gasteiger partial charge in [-0.3, -0.25) is 9.67 Å². The lowest BCUT2D eigenvalue weighted by molar-refractivity contribution is 0.00631. The highest BCUT2D eigenvalue weighted by Crippen LogP contribution is 2.34. The summed E-state index contributed by atoms with van der Waals surface area (Å²) in [5.41, 5.74) is 3.79. The zero-order valence-corrected chi connectivity index (χ0v) is 16.6. The normalized spacial score (nSPS) is 20.2. The smallest absolute Gasteiger partial charge is 0.116 e. The van der Waals surface area contributed by atoms with E-state index < -0.39 is 0 Å². The molecule has 8 heteroatoms. The maximum absolute atomic E-state index is 6.32. The largest absolute Gasteiger partial charge is 0.378 e. The summed E-state index contributed by atoms with van der Waals surface area (Å²) in [5.74, 6) is 0.976. The van der Waals surface area contributed by atoms with Crippen molar-refractivity contribution < 1.29 is 4.74 Å². The highest BCUT2D eigenvalue weighted by molar-refractivity contribution is 6.31. The third-order valence-electron chi connectivity index (χ3n) is 5.36. The molecule has 4 aromatic rings. The summed E-state index contributed by atoms with van der Waals surface area (Å²) in [6.07, 6.45) is 6.53. The van der Waals surface area contributed by atoms with Gasteiger partial charge in [-0.25, -0.2) is 4.98 Å². The lowest BCUT2D eigenvalue weighted by Crippen LogP contribution is -2.26. The van der Waals surface area contributed by atoms with Crippen LogP contribution in [0.25, 0.3) is 21.9 Å². The third-order valence-corrected chi connectivity index (χ3v) is 5.60. The van der Waals surface area contributed by atoms with Crippen LogP contribution in [0.1, 0.15) is 37.3 Å². The van der Waals surface area contributed by atoms with Crippen LogP contribution in [-0.4, -0.2) is 42.2 Å². The second-order valence-electron chi connectivity index (χ2n) is 7.47. The van der Waals surface area contributed by atoms with Crippen molar-refractivity contribution >= 4 is 33.5 Å². The van der Waals surface area contributed by atoms with E-state index in [2.05, 4.69) is 26.8 Å². The first kappa shape index (κ1) is 17.6. The molecular formula is C20H21ClN6O. The number of benzene rings is 1. The second-order valence-corrected chi connectivity index (χ2v) is 7.91. The number of aryl methyl sites for hydroxylation is 1. The predicted octanol–water partition coefficient (Wildman–Crippen LogP) is 3.70. The van der Waals surface area contributed by atoms with Crippen LogP contribution in [0.5, 0.6) is 0 Å². The van der Waals surface area contributed by atoms with Crippen LogP contribution in [0.4, 0.5) is 0 Å². The number of nitrogens with zero attached hydrogens (tertiary/aromatic N) is 6. The van der Waals surface area contributed by atoms with Crippen molar-refractivity contribution in [2.24, 2.45) is 7.05 Å². The Balaban J connectivity index is 1.74. The lowest BCUT2D eigenvalue weighted by Gasteiger charge is -2.30. The van der Waals surface area contributed by atoms with Crippen molar-refractivity contribution in [2.75, 3.05) is 6.61 Å². The number of pyridine rings is 1. The Labute approximate surface area is 167 Å². The van der Waals surface area contributed by atoms with Gasteiger partial charge in [0.1, 0.15) is 11.3 Å². The quantitative estimate of drug-likeness (QED) is 0.528. The molecule has 0 bridgehead atoms. The number of ether oxygens (including phenoxy) is 1. The van der Waals surface area contributed by atoms with Gasteiger partial charge in [-0.1, -0.05) is 16.8 Å². The summed E-state index contributed by atoms with van der Waals surface area (Å²) in [4.78, 5) is 9.52. The van der Waals surface area contributed by atoms with Gasteiger partial charge in [-0.2, -0.15) is 0 Å². The Hall–Kier alpha value is -2.51. The zero-order valence-electron chi connectivity index (χ0n) is 15.8. The average Bonchev–Trinajstić information content (AvgIpc) is 3.25. The van der Waals surface area contributed by atoms with E-state index in [0.717, 1.165) is 52.9 Å². The maximum Gasteiger partial charge on any atom is 0.116 e. The summed E-state index contributed by atoms with van der Waals surface area (Å²) >= 11 is 6.32. The first-order valence-electron chi connectivity index (χ1n) is 9.50. The van der Waals surface area contributed by atoms with Crippen LogP contribution in [0.3, 0.4) is 0 Å². The van der Waals surface area contributed by atoms with Crippen LogP contribution in [0.15, 0.2) is 30.6 Å². The highest BCUT2D eigenvalue weighted by atomic mass is 35.5. The summed E-state index contributed by atoms with van der Waals surface area (Å²) in [5, 5.41) is 10.0. The van der Waals surface area contributed by atoms with Gasteiger partial charge >= 0.3 is 0 Å². The molecule has 4 heterocycles. The minimum Gasteiger partial charge on any atom is -0.378 e. The van der Waals surface area contributed by atoms with E-state index in [0.29, 0.717) is 17.5 Å². The molecule has 0 saturated carbocycles. The fourth-order valence-electron chi connectivity index (χ4n) is 4.16. The van der Waals surface area contributed by atoms with Crippen LogP contribution < -0.4 is 0 Å². The monoisotopic (exact) mass is 396 g/mol. The topological polar surface area (TPSA) is 70.7 Å². The molecule has 1 aliphatic rings. The number of halogens is 1. The molecule has 7 nitrogen and oxygen atoms in total. The molecule has 144 valence electrons. The number of aromatic nitrogens is 6. The SMILES string of the molecule is C[C@@H]1CC(n2c(Cc3cn(C)nn3)nc3cnc4ccc(Cl)cc4c32)CCO1. The van der Waals surface area contributed by atoms with Crippen LogP contribution >= 0.6 is 11.6 Å². The van der Waals surface area contributed by atoms with E-state index in [-0.39, 0.29) is 6.10 Å². The summed E-state index contributed by atoms with van der Waals surface area (Å²) in [6, 6.07) is 6.13. The summed E-state index contributed by atoms with van der Waals surface area (Å²) in [7, 11) is 1.87. The molecule has 5 rings (SSSR count). The number of imidazole rings is 1. The molecule has 1 saturated heterocycles. The molecule has 0 amide bonds. The van der Waals surface area contributed by atoms with E-state index in [1.807, 2.05) is 37.6 Å². The highest BCUT2D eigenvalue weighted by Gasteiger charge is 2.26. The van der Waals surface area contributed by atoms with E-state index >= 15 is 0 Å². The predicted molar refractivity (Wildman–Crippen MR) is 108 cm³/mol. The van der Waals surface area contributed by atoms with Crippen molar-refractivity contribution in [1.29, 1.82) is 0 Å². The summed E-state index contributed by atoms with van der Waals surface area (Å²) < 4.78 is 9.88.